The second-order valence-electron chi connectivity index (χ2n) is 7.42. The second-order valence-corrected chi connectivity index (χ2v) is 7.42. The Labute approximate surface area is 161 Å². The molecule has 0 radical (unpaired) electrons. The zero-order chi connectivity index (χ0) is 19.2. The van der Waals surface area contributed by atoms with Crippen molar-refractivity contribution in [3.63, 3.8) is 0 Å². The van der Waals surface area contributed by atoms with Crippen LogP contribution in [-0.4, -0.2) is 59.2 Å². The number of amides is 1. The van der Waals surface area contributed by atoms with Crippen molar-refractivity contribution < 1.29 is 9.53 Å². The molecule has 1 N–H and O–H groups in total. The fourth-order valence-corrected chi connectivity index (χ4v) is 3.53. The Morgan fingerprint density at radius 3 is 2.56 bits per heavy atom. The average molecular weight is 370 g/mol. The number of likely N-dealkylation sites (N-methyl/N-ethyl adjacent to an activating group) is 1. The van der Waals surface area contributed by atoms with Crippen LogP contribution in [0.25, 0.3) is 0 Å². The highest BCUT2D eigenvalue weighted by Crippen LogP contribution is 2.15. The Bertz CT molecular complexity index is 729. The van der Waals surface area contributed by atoms with Crippen LogP contribution in [0, 0.1) is 13.8 Å². The molecule has 2 heterocycles. The summed E-state index contributed by atoms with van der Waals surface area (Å²) < 4.78 is 5.65. The standard InChI is InChI=1S/C21H30N4O2/c1-16-20(17(2)23-22-16)10-13-24(3)14-18-6-8-19(9-7-18)27-15-21(26)25-11-4-5-12-25/h6-9H,4-5,10-15H2,1-3H3,(H,22,23). The zero-order valence-corrected chi connectivity index (χ0v) is 16.6. The Kier molecular flexibility index (Phi) is 6.50. The van der Waals surface area contributed by atoms with Gasteiger partial charge in [0.2, 0.25) is 0 Å². The van der Waals surface area contributed by atoms with E-state index in [1.807, 2.05) is 24.0 Å². The zero-order valence-electron chi connectivity index (χ0n) is 16.6. The summed E-state index contributed by atoms with van der Waals surface area (Å²) in [6.45, 7) is 7.83. The monoisotopic (exact) mass is 370 g/mol. The number of aryl methyl sites for hydroxylation is 2. The first-order chi connectivity index (χ1) is 13.0. The Morgan fingerprint density at radius 1 is 1.22 bits per heavy atom. The first kappa shape index (κ1) is 19.4. The van der Waals surface area contributed by atoms with E-state index in [0.717, 1.165) is 62.6 Å². The number of carbonyl (C=O) groups excluding carboxylic acids is 1. The third kappa shape index (κ3) is 5.32. The van der Waals surface area contributed by atoms with Gasteiger partial charge in [-0.25, -0.2) is 0 Å². The number of likely N-dealkylation sites (tertiary alicyclic amines) is 1. The second kappa shape index (κ2) is 9.04. The van der Waals surface area contributed by atoms with Crippen LogP contribution < -0.4 is 4.74 Å². The molecular formula is C21H30N4O2. The lowest BCUT2D eigenvalue weighted by Gasteiger charge is -2.17. The SMILES string of the molecule is Cc1n[nH]c(C)c1CCN(C)Cc1ccc(OCC(=O)N2CCCC2)cc1. The van der Waals surface area contributed by atoms with E-state index in [2.05, 4.69) is 41.2 Å². The molecule has 0 atom stereocenters. The molecule has 3 rings (SSSR count). The minimum absolute atomic E-state index is 0.0844. The van der Waals surface area contributed by atoms with E-state index < -0.39 is 0 Å². The predicted molar refractivity (Wildman–Crippen MR) is 106 cm³/mol. The summed E-state index contributed by atoms with van der Waals surface area (Å²) in [5, 5.41) is 7.30. The number of nitrogens with zero attached hydrogens (tertiary/aromatic N) is 3. The lowest BCUT2D eigenvalue weighted by atomic mass is 10.1. The molecule has 0 bridgehead atoms. The molecule has 1 saturated heterocycles. The van der Waals surface area contributed by atoms with Crippen molar-refractivity contribution in [2.75, 3.05) is 33.3 Å². The summed E-state index contributed by atoms with van der Waals surface area (Å²) in [5.41, 5.74) is 4.79. The van der Waals surface area contributed by atoms with E-state index >= 15 is 0 Å². The van der Waals surface area contributed by atoms with Gasteiger partial charge in [-0.05, 0) is 63.4 Å². The third-order valence-corrected chi connectivity index (χ3v) is 5.22. The molecule has 6 nitrogen and oxygen atoms in total. The number of aromatic amines is 1. The maximum Gasteiger partial charge on any atom is 0.260 e. The van der Waals surface area contributed by atoms with Crippen molar-refractivity contribution in [3.8, 4) is 5.75 Å². The van der Waals surface area contributed by atoms with Crippen molar-refractivity contribution in [2.24, 2.45) is 0 Å². The van der Waals surface area contributed by atoms with E-state index in [-0.39, 0.29) is 12.5 Å². The maximum atomic E-state index is 12.0. The van der Waals surface area contributed by atoms with Crippen LogP contribution in [0.15, 0.2) is 24.3 Å². The summed E-state index contributed by atoms with van der Waals surface area (Å²) in [6, 6.07) is 8.04. The Hall–Kier alpha value is -2.34. The largest absolute Gasteiger partial charge is 0.484 e. The molecule has 27 heavy (non-hydrogen) atoms. The molecule has 146 valence electrons. The van der Waals surface area contributed by atoms with Gasteiger partial charge in [-0.1, -0.05) is 12.1 Å². The van der Waals surface area contributed by atoms with Crippen LogP contribution in [-0.2, 0) is 17.8 Å². The molecule has 1 fully saturated rings. The van der Waals surface area contributed by atoms with Gasteiger partial charge in [-0.15, -0.1) is 0 Å². The molecule has 0 unspecified atom stereocenters. The number of hydrogen-bond donors (Lipinski definition) is 1. The number of hydrogen-bond acceptors (Lipinski definition) is 4. The lowest BCUT2D eigenvalue weighted by Crippen LogP contribution is -2.32. The highest BCUT2D eigenvalue weighted by atomic mass is 16.5. The number of H-pyrrole nitrogens is 1. The molecule has 1 aliphatic heterocycles. The van der Waals surface area contributed by atoms with E-state index in [0.29, 0.717) is 0 Å². The number of nitrogens with one attached hydrogen (secondary N) is 1. The van der Waals surface area contributed by atoms with Gasteiger partial charge in [-0.2, -0.15) is 5.10 Å². The number of carbonyl (C=O) groups is 1. The van der Waals surface area contributed by atoms with E-state index in [9.17, 15) is 4.79 Å². The molecule has 1 aromatic carbocycles. The smallest absolute Gasteiger partial charge is 0.260 e. The maximum absolute atomic E-state index is 12.0. The number of benzene rings is 1. The average Bonchev–Trinajstić information content (AvgIpc) is 3.30. The van der Waals surface area contributed by atoms with E-state index in [1.165, 1.54) is 11.1 Å². The summed E-state index contributed by atoms with van der Waals surface area (Å²) in [7, 11) is 2.13. The minimum atomic E-state index is 0.0844. The molecule has 6 heteroatoms. The van der Waals surface area contributed by atoms with Gasteiger partial charge in [-0.3, -0.25) is 9.89 Å². The van der Waals surface area contributed by atoms with Crippen LogP contribution >= 0.6 is 0 Å². The number of rotatable bonds is 8. The summed E-state index contributed by atoms with van der Waals surface area (Å²) in [4.78, 5) is 16.2. The van der Waals surface area contributed by atoms with Crippen LogP contribution in [0.5, 0.6) is 5.75 Å². The van der Waals surface area contributed by atoms with Crippen LogP contribution in [0.4, 0.5) is 0 Å². The van der Waals surface area contributed by atoms with Gasteiger partial charge in [0.15, 0.2) is 6.61 Å². The molecule has 1 amide bonds. The fraction of sp³-hybridized carbons (Fsp3) is 0.524. The van der Waals surface area contributed by atoms with Crippen molar-refractivity contribution in [3.05, 3.63) is 46.8 Å². The van der Waals surface area contributed by atoms with Crippen molar-refractivity contribution >= 4 is 5.91 Å². The highest BCUT2D eigenvalue weighted by Gasteiger charge is 2.18. The van der Waals surface area contributed by atoms with Gasteiger partial charge in [0.05, 0.1) is 5.69 Å². The van der Waals surface area contributed by atoms with Crippen LogP contribution in [0.1, 0.15) is 35.4 Å². The molecule has 0 spiro atoms. The Morgan fingerprint density at radius 2 is 1.93 bits per heavy atom. The van der Waals surface area contributed by atoms with Gasteiger partial charge in [0.1, 0.15) is 5.75 Å². The molecular weight excluding hydrogens is 340 g/mol. The molecule has 0 saturated carbocycles. The topological polar surface area (TPSA) is 61.5 Å². The first-order valence-corrected chi connectivity index (χ1v) is 9.71. The van der Waals surface area contributed by atoms with Gasteiger partial charge >= 0.3 is 0 Å². The fourth-order valence-electron chi connectivity index (χ4n) is 3.53. The quantitative estimate of drug-likeness (QED) is 0.776. The van der Waals surface area contributed by atoms with E-state index in [1.54, 1.807) is 0 Å². The normalized spacial score (nSPS) is 14.1. The molecule has 1 aromatic heterocycles. The lowest BCUT2D eigenvalue weighted by molar-refractivity contribution is -0.132. The van der Waals surface area contributed by atoms with Crippen molar-refractivity contribution in [2.45, 2.75) is 39.7 Å². The van der Waals surface area contributed by atoms with Crippen LogP contribution in [0.3, 0.4) is 0 Å². The van der Waals surface area contributed by atoms with Gasteiger partial charge < -0.3 is 14.5 Å². The summed E-state index contributed by atoms with van der Waals surface area (Å²) in [6.07, 6.45) is 3.20. The summed E-state index contributed by atoms with van der Waals surface area (Å²) >= 11 is 0. The predicted octanol–water partition coefficient (Wildman–Crippen LogP) is 2.70. The van der Waals surface area contributed by atoms with Gasteiger partial charge in [0, 0.05) is 31.9 Å². The van der Waals surface area contributed by atoms with Crippen molar-refractivity contribution in [1.29, 1.82) is 0 Å². The van der Waals surface area contributed by atoms with Crippen molar-refractivity contribution in [1.82, 2.24) is 20.0 Å². The molecule has 0 aliphatic carbocycles. The van der Waals surface area contributed by atoms with Gasteiger partial charge in [0.25, 0.3) is 5.91 Å². The Balaban J connectivity index is 1.43. The minimum Gasteiger partial charge on any atom is -0.484 e. The number of aromatic nitrogens is 2. The first-order valence-electron chi connectivity index (χ1n) is 9.71. The molecule has 2 aromatic rings. The van der Waals surface area contributed by atoms with Crippen LogP contribution in [0.2, 0.25) is 0 Å². The molecule has 1 aliphatic rings. The number of ether oxygens (including phenoxy) is 1. The summed E-state index contributed by atoms with van der Waals surface area (Å²) in [5.74, 6) is 0.833. The highest BCUT2D eigenvalue weighted by molar-refractivity contribution is 5.78. The third-order valence-electron chi connectivity index (χ3n) is 5.22. The van der Waals surface area contributed by atoms with E-state index in [4.69, 9.17) is 4.74 Å².